The molecular weight excluding hydrogens is 590 g/mol. The molecule has 0 spiro atoms. The molecule has 0 bridgehead atoms. The zero-order valence-electron chi connectivity index (χ0n) is 28.0. The number of methoxy groups -OCH3 is 1. The molecule has 1 amide bonds. The molecule has 5 rings (SSSR count). The Labute approximate surface area is 280 Å². The fraction of sp³-hybridized carbons (Fsp3) is 0.526. The van der Waals surface area contributed by atoms with Gasteiger partial charge in [0.05, 0.1) is 20.3 Å². The number of amides is 1. The third-order valence-electron chi connectivity index (χ3n) is 10.2. The standard InChI is InChI=1S/C38H53N5O4/c1-46-36-14-18-40-28-31(36)29-42-21-16-35(17-22-42)43(23-25-44)24-27-47-26-9-8-19-41-20-15-34(30-41)38(37(39)45,32-10-4-2-5-11-32)33-12-6-3-7-13-33/h2-7,10-14,18,28,34-35,44H,8-9,15-17,19-27,29-30H2,1H3,(H2,39,45)/t34-/m1/s1. The van der Waals surface area contributed by atoms with E-state index in [2.05, 4.69) is 19.7 Å². The van der Waals surface area contributed by atoms with Crippen molar-refractivity contribution in [2.24, 2.45) is 11.7 Å². The first-order valence-electron chi connectivity index (χ1n) is 17.3. The van der Waals surface area contributed by atoms with E-state index in [0.29, 0.717) is 19.2 Å². The van der Waals surface area contributed by atoms with Crippen LogP contribution in [0.1, 0.15) is 48.8 Å². The average Bonchev–Trinajstić information content (AvgIpc) is 3.58. The quantitative estimate of drug-likeness (QED) is 0.201. The van der Waals surface area contributed by atoms with Crippen LogP contribution < -0.4 is 10.5 Å². The molecule has 2 fully saturated rings. The molecule has 2 aromatic carbocycles. The maximum atomic E-state index is 13.3. The number of nitrogens with two attached hydrogens (primary N) is 1. The zero-order chi connectivity index (χ0) is 32.9. The van der Waals surface area contributed by atoms with E-state index in [1.807, 2.05) is 72.9 Å². The van der Waals surface area contributed by atoms with Gasteiger partial charge in [0.1, 0.15) is 11.2 Å². The van der Waals surface area contributed by atoms with E-state index in [4.69, 9.17) is 15.2 Å². The molecule has 0 radical (unpaired) electrons. The predicted molar refractivity (Wildman–Crippen MR) is 185 cm³/mol. The predicted octanol–water partition coefficient (Wildman–Crippen LogP) is 3.94. The van der Waals surface area contributed by atoms with Gasteiger partial charge in [0.25, 0.3) is 0 Å². The number of piperidine rings is 1. The van der Waals surface area contributed by atoms with Crippen LogP contribution in [0.3, 0.4) is 0 Å². The summed E-state index contributed by atoms with van der Waals surface area (Å²) in [6.45, 7) is 8.75. The van der Waals surface area contributed by atoms with Crippen molar-refractivity contribution in [1.29, 1.82) is 0 Å². The van der Waals surface area contributed by atoms with Crippen molar-refractivity contribution in [3.05, 3.63) is 95.8 Å². The number of rotatable bonds is 18. The summed E-state index contributed by atoms with van der Waals surface area (Å²) in [5.41, 5.74) is 8.49. The van der Waals surface area contributed by atoms with E-state index in [1.165, 1.54) is 0 Å². The van der Waals surface area contributed by atoms with E-state index in [-0.39, 0.29) is 18.4 Å². The summed E-state index contributed by atoms with van der Waals surface area (Å²) in [6, 6.07) is 22.5. The second-order valence-electron chi connectivity index (χ2n) is 13.0. The second-order valence-corrected chi connectivity index (χ2v) is 13.0. The first-order valence-corrected chi connectivity index (χ1v) is 17.3. The van der Waals surface area contributed by atoms with Gasteiger partial charge in [0.2, 0.25) is 5.91 Å². The SMILES string of the molecule is COc1ccncc1CN1CCC(N(CCO)CCOCCCCN2CC[C@@H](C(C(N)=O)(c3ccccc3)c3ccccc3)C2)CC1. The number of carbonyl (C=O) groups is 1. The first kappa shape index (κ1) is 35.0. The monoisotopic (exact) mass is 643 g/mol. The summed E-state index contributed by atoms with van der Waals surface area (Å²) >= 11 is 0. The van der Waals surface area contributed by atoms with Crippen molar-refractivity contribution in [2.45, 2.75) is 50.1 Å². The van der Waals surface area contributed by atoms with Gasteiger partial charge in [-0.3, -0.25) is 19.6 Å². The maximum absolute atomic E-state index is 13.3. The number of carbonyl (C=O) groups excluding carboxylic acids is 1. The van der Waals surface area contributed by atoms with Crippen LogP contribution in [0.15, 0.2) is 79.1 Å². The summed E-state index contributed by atoms with van der Waals surface area (Å²) in [6.07, 6.45) is 8.79. The maximum Gasteiger partial charge on any atom is 0.232 e. The van der Waals surface area contributed by atoms with E-state index in [0.717, 1.165) is 107 Å². The number of hydrogen-bond acceptors (Lipinski definition) is 8. The Kier molecular flexibility index (Phi) is 13.2. The number of pyridine rings is 1. The Morgan fingerprint density at radius 2 is 1.62 bits per heavy atom. The Morgan fingerprint density at radius 3 is 2.26 bits per heavy atom. The molecule has 9 heteroatoms. The highest BCUT2D eigenvalue weighted by Crippen LogP contribution is 2.43. The molecule has 1 aromatic heterocycles. The van der Waals surface area contributed by atoms with Crippen LogP contribution in [0.4, 0.5) is 0 Å². The van der Waals surface area contributed by atoms with Gasteiger partial charge in [-0.1, -0.05) is 60.7 Å². The number of aliphatic hydroxyl groups is 1. The van der Waals surface area contributed by atoms with E-state index in [9.17, 15) is 9.90 Å². The number of aromatic nitrogens is 1. The number of benzene rings is 2. The Hall–Kier alpha value is -3.34. The number of primary amides is 1. The van der Waals surface area contributed by atoms with Gasteiger partial charge in [-0.15, -0.1) is 0 Å². The van der Waals surface area contributed by atoms with Crippen molar-refractivity contribution >= 4 is 5.91 Å². The van der Waals surface area contributed by atoms with Gasteiger partial charge in [-0.25, -0.2) is 0 Å². The van der Waals surface area contributed by atoms with Crippen LogP contribution in [0.5, 0.6) is 5.75 Å². The summed E-state index contributed by atoms with van der Waals surface area (Å²) in [7, 11) is 1.71. The van der Waals surface area contributed by atoms with Crippen molar-refractivity contribution in [2.75, 3.05) is 72.7 Å². The molecule has 0 aliphatic carbocycles. The minimum atomic E-state index is -0.843. The van der Waals surface area contributed by atoms with Crippen LogP contribution in [0.2, 0.25) is 0 Å². The lowest BCUT2D eigenvalue weighted by Gasteiger charge is -2.38. The molecule has 2 saturated heterocycles. The highest BCUT2D eigenvalue weighted by Gasteiger charge is 2.49. The zero-order valence-corrected chi connectivity index (χ0v) is 28.0. The molecule has 3 N–H and O–H groups in total. The highest BCUT2D eigenvalue weighted by atomic mass is 16.5. The van der Waals surface area contributed by atoms with Crippen molar-refractivity contribution < 1.29 is 19.4 Å². The third kappa shape index (κ3) is 8.77. The van der Waals surface area contributed by atoms with Gasteiger partial charge < -0.3 is 25.2 Å². The minimum absolute atomic E-state index is 0.114. The Bertz CT molecular complexity index is 1310. The highest BCUT2D eigenvalue weighted by molar-refractivity contribution is 5.91. The van der Waals surface area contributed by atoms with Crippen molar-refractivity contribution in [1.82, 2.24) is 19.7 Å². The lowest BCUT2D eigenvalue weighted by atomic mass is 9.64. The lowest BCUT2D eigenvalue weighted by molar-refractivity contribution is -0.123. The van der Waals surface area contributed by atoms with Gasteiger partial charge in [0.15, 0.2) is 0 Å². The molecule has 0 unspecified atom stereocenters. The molecular formula is C38H53N5O4. The van der Waals surface area contributed by atoms with E-state index < -0.39 is 5.41 Å². The second kappa shape index (κ2) is 17.7. The van der Waals surface area contributed by atoms with E-state index in [1.54, 1.807) is 13.3 Å². The normalized spacial score (nSPS) is 18.1. The van der Waals surface area contributed by atoms with Gasteiger partial charge in [0, 0.05) is 56.8 Å². The van der Waals surface area contributed by atoms with Crippen molar-refractivity contribution in [3.8, 4) is 5.75 Å². The molecule has 2 aliphatic rings. The van der Waals surface area contributed by atoms with Gasteiger partial charge in [-0.2, -0.15) is 0 Å². The number of ether oxygens (including phenoxy) is 2. The topological polar surface area (TPSA) is 104 Å². The van der Waals surface area contributed by atoms with Gasteiger partial charge in [-0.05, 0) is 81.4 Å². The number of hydrogen-bond donors (Lipinski definition) is 2. The summed E-state index contributed by atoms with van der Waals surface area (Å²) in [4.78, 5) is 24.9. The molecule has 3 aromatic rings. The number of nitrogens with zero attached hydrogens (tertiary/aromatic N) is 4. The molecule has 3 heterocycles. The summed E-state index contributed by atoms with van der Waals surface area (Å²) < 4.78 is 11.6. The number of likely N-dealkylation sites (tertiary alicyclic amines) is 2. The molecule has 0 saturated carbocycles. The van der Waals surface area contributed by atoms with Crippen LogP contribution >= 0.6 is 0 Å². The van der Waals surface area contributed by atoms with Crippen LogP contribution in [-0.4, -0.2) is 109 Å². The van der Waals surface area contributed by atoms with E-state index >= 15 is 0 Å². The number of unbranched alkanes of at least 4 members (excludes halogenated alkanes) is 1. The Balaban J connectivity index is 1.03. The largest absolute Gasteiger partial charge is 0.496 e. The molecule has 9 nitrogen and oxygen atoms in total. The minimum Gasteiger partial charge on any atom is -0.496 e. The van der Waals surface area contributed by atoms with Crippen molar-refractivity contribution in [3.63, 3.8) is 0 Å². The molecule has 1 atom stereocenters. The molecule has 47 heavy (non-hydrogen) atoms. The van der Waals surface area contributed by atoms with Gasteiger partial charge >= 0.3 is 0 Å². The Morgan fingerprint density at radius 1 is 0.936 bits per heavy atom. The third-order valence-corrected chi connectivity index (χ3v) is 10.2. The summed E-state index contributed by atoms with van der Waals surface area (Å²) in [5.74, 6) is 0.729. The van der Waals surface area contributed by atoms with Crippen LogP contribution in [-0.2, 0) is 21.5 Å². The molecule has 254 valence electrons. The average molecular weight is 644 g/mol. The fourth-order valence-corrected chi connectivity index (χ4v) is 7.76. The molecule has 2 aliphatic heterocycles. The summed E-state index contributed by atoms with van der Waals surface area (Å²) in [5, 5.41) is 9.73. The fourth-order valence-electron chi connectivity index (χ4n) is 7.76. The van der Waals surface area contributed by atoms with Crippen LogP contribution in [0, 0.1) is 5.92 Å². The first-order chi connectivity index (χ1) is 23.1. The van der Waals surface area contributed by atoms with Crippen LogP contribution in [0.25, 0.3) is 0 Å². The smallest absolute Gasteiger partial charge is 0.232 e. The lowest BCUT2D eigenvalue weighted by Crippen LogP contribution is -2.49. The number of aliphatic hydroxyl groups excluding tert-OH is 1.